The molecule has 3 rings (SSSR count). The van der Waals surface area contributed by atoms with E-state index in [1.54, 1.807) is 17.6 Å². The summed E-state index contributed by atoms with van der Waals surface area (Å²) in [5.74, 6) is 0.803. The lowest BCUT2D eigenvalue weighted by molar-refractivity contribution is 0.573. The second-order valence-electron chi connectivity index (χ2n) is 5.00. The molecule has 0 unspecified atom stereocenters. The number of fused-ring (bicyclic) bond motifs is 1. The van der Waals surface area contributed by atoms with Crippen LogP contribution < -0.4 is 10.0 Å². The third kappa shape index (κ3) is 3.17. The molecule has 0 amide bonds. The Morgan fingerprint density at radius 3 is 2.95 bits per heavy atom. The van der Waals surface area contributed by atoms with Crippen LogP contribution in [0.15, 0.2) is 28.6 Å². The molecule has 2 aromatic rings. The summed E-state index contributed by atoms with van der Waals surface area (Å²) in [4.78, 5) is 4.46. The molecule has 1 aromatic heterocycles. The molecule has 0 bridgehead atoms. The van der Waals surface area contributed by atoms with Gasteiger partial charge in [-0.3, -0.25) is 0 Å². The van der Waals surface area contributed by atoms with Crippen LogP contribution in [0.4, 0.5) is 0 Å². The van der Waals surface area contributed by atoms with E-state index in [9.17, 15) is 8.42 Å². The molecule has 0 spiro atoms. The number of benzene rings is 1. The quantitative estimate of drug-likeness (QED) is 0.762. The molecular weight excluding hydrogens is 294 g/mol. The van der Waals surface area contributed by atoms with Crippen molar-refractivity contribution >= 4 is 31.6 Å². The monoisotopic (exact) mass is 311 g/mol. The van der Waals surface area contributed by atoms with Crippen LogP contribution in [-0.4, -0.2) is 33.0 Å². The van der Waals surface area contributed by atoms with Crippen LogP contribution in [-0.2, 0) is 10.0 Å². The molecule has 0 saturated heterocycles. The van der Waals surface area contributed by atoms with E-state index >= 15 is 0 Å². The van der Waals surface area contributed by atoms with Gasteiger partial charge < -0.3 is 5.32 Å². The summed E-state index contributed by atoms with van der Waals surface area (Å²) >= 11 is 1.35. The van der Waals surface area contributed by atoms with Gasteiger partial charge >= 0.3 is 0 Å². The Morgan fingerprint density at radius 1 is 1.30 bits per heavy atom. The second-order valence-corrected chi connectivity index (χ2v) is 7.59. The Hall–Kier alpha value is -1.02. The van der Waals surface area contributed by atoms with Gasteiger partial charge in [-0.15, -0.1) is 11.3 Å². The minimum absolute atomic E-state index is 0.319. The number of nitrogens with zero attached hydrogens (tertiary/aromatic N) is 1. The van der Waals surface area contributed by atoms with Crippen LogP contribution in [0.25, 0.3) is 10.2 Å². The molecule has 0 atom stereocenters. The number of thiazole rings is 1. The van der Waals surface area contributed by atoms with Crippen LogP contribution in [0.5, 0.6) is 0 Å². The van der Waals surface area contributed by atoms with Crippen LogP contribution in [0.1, 0.15) is 12.8 Å². The number of aromatic nitrogens is 1. The molecule has 0 radical (unpaired) electrons. The Balaban J connectivity index is 1.63. The molecule has 5 nitrogen and oxygen atoms in total. The number of hydrogen-bond acceptors (Lipinski definition) is 5. The maximum Gasteiger partial charge on any atom is 0.242 e. The first-order valence-electron chi connectivity index (χ1n) is 6.69. The predicted octanol–water partition coefficient (Wildman–Crippen LogP) is 1.57. The molecule has 2 N–H and O–H groups in total. The summed E-state index contributed by atoms with van der Waals surface area (Å²) in [5, 5.41) is 3.27. The predicted molar refractivity (Wildman–Crippen MR) is 80.4 cm³/mol. The van der Waals surface area contributed by atoms with E-state index in [0.29, 0.717) is 22.7 Å². The Kier molecular flexibility index (Phi) is 4.02. The highest BCUT2D eigenvalue weighted by molar-refractivity contribution is 7.90. The van der Waals surface area contributed by atoms with Crippen molar-refractivity contribution in [3.63, 3.8) is 0 Å². The lowest BCUT2D eigenvalue weighted by Crippen LogP contribution is -2.32. The largest absolute Gasteiger partial charge is 0.315 e. The van der Waals surface area contributed by atoms with E-state index in [0.717, 1.165) is 18.0 Å². The minimum Gasteiger partial charge on any atom is -0.315 e. The van der Waals surface area contributed by atoms with Crippen molar-refractivity contribution in [3.05, 3.63) is 23.7 Å². The van der Waals surface area contributed by atoms with Crippen molar-refractivity contribution in [1.29, 1.82) is 0 Å². The van der Waals surface area contributed by atoms with Crippen molar-refractivity contribution in [2.75, 3.05) is 19.6 Å². The fraction of sp³-hybridized carbons (Fsp3) is 0.462. The molecule has 1 aliphatic rings. The number of nitrogens with one attached hydrogen (secondary N) is 2. The lowest BCUT2D eigenvalue weighted by atomic mass is 10.3. The zero-order valence-electron chi connectivity index (χ0n) is 11.0. The first-order chi connectivity index (χ1) is 9.67. The van der Waals surface area contributed by atoms with Gasteiger partial charge in [0.1, 0.15) is 4.90 Å². The van der Waals surface area contributed by atoms with Crippen LogP contribution in [0.2, 0.25) is 0 Å². The summed E-state index contributed by atoms with van der Waals surface area (Å²) in [6.45, 7) is 2.06. The van der Waals surface area contributed by atoms with Gasteiger partial charge in [0.15, 0.2) is 0 Å². The molecule has 1 aromatic carbocycles. The molecule has 1 fully saturated rings. The zero-order valence-corrected chi connectivity index (χ0v) is 12.6. The van der Waals surface area contributed by atoms with E-state index in [-0.39, 0.29) is 0 Å². The smallest absolute Gasteiger partial charge is 0.242 e. The first kappa shape index (κ1) is 13.9. The first-order valence-corrected chi connectivity index (χ1v) is 9.06. The summed E-state index contributed by atoms with van der Waals surface area (Å²) in [6, 6.07) is 5.17. The maximum absolute atomic E-state index is 12.3. The average Bonchev–Trinajstić information content (AvgIpc) is 3.12. The van der Waals surface area contributed by atoms with Gasteiger partial charge in [-0.1, -0.05) is 6.07 Å². The highest BCUT2D eigenvalue weighted by Gasteiger charge is 2.20. The van der Waals surface area contributed by atoms with Crippen LogP contribution in [0, 0.1) is 5.92 Å². The van der Waals surface area contributed by atoms with Crippen molar-refractivity contribution in [2.24, 2.45) is 5.92 Å². The fourth-order valence-electron chi connectivity index (χ4n) is 2.05. The van der Waals surface area contributed by atoms with E-state index in [4.69, 9.17) is 0 Å². The Labute approximate surface area is 122 Å². The topological polar surface area (TPSA) is 71.1 Å². The molecule has 20 heavy (non-hydrogen) atoms. The summed E-state index contributed by atoms with van der Waals surface area (Å²) in [7, 11) is -3.46. The molecule has 1 heterocycles. The van der Waals surface area contributed by atoms with E-state index < -0.39 is 10.0 Å². The van der Waals surface area contributed by atoms with E-state index in [1.807, 2.05) is 6.07 Å². The summed E-state index contributed by atoms with van der Waals surface area (Å²) in [5.41, 5.74) is 2.39. The minimum atomic E-state index is -3.46. The number of hydrogen-bond donors (Lipinski definition) is 2. The molecule has 1 saturated carbocycles. The van der Waals surface area contributed by atoms with Crippen molar-refractivity contribution in [3.8, 4) is 0 Å². The van der Waals surface area contributed by atoms with E-state index in [2.05, 4.69) is 15.0 Å². The highest BCUT2D eigenvalue weighted by atomic mass is 32.2. The number of rotatable bonds is 7. The van der Waals surface area contributed by atoms with Crippen molar-refractivity contribution in [2.45, 2.75) is 17.7 Å². The maximum atomic E-state index is 12.3. The van der Waals surface area contributed by atoms with E-state index in [1.165, 1.54) is 24.2 Å². The fourth-order valence-corrected chi connectivity index (χ4v) is 4.35. The molecular formula is C13H17N3O2S2. The summed E-state index contributed by atoms with van der Waals surface area (Å²) < 4.78 is 27.9. The molecule has 1 aliphatic carbocycles. The van der Waals surface area contributed by atoms with Crippen molar-refractivity contribution < 1.29 is 8.42 Å². The summed E-state index contributed by atoms with van der Waals surface area (Å²) in [6.07, 6.45) is 2.60. The Bertz CT molecular complexity index is 692. The molecule has 0 aliphatic heterocycles. The van der Waals surface area contributed by atoms with Gasteiger partial charge in [0, 0.05) is 13.1 Å². The van der Waals surface area contributed by atoms with Crippen LogP contribution in [0.3, 0.4) is 0 Å². The van der Waals surface area contributed by atoms with Gasteiger partial charge in [-0.05, 0) is 37.4 Å². The number of sulfonamides is 1. The van der Waals surface area contributed by atoms with Crippen LogP contribution >= 0.6 is 11.3 Å². The van der Waals surface area contributed by atoms with Gasteiger partial charge in [-0.2, -0.15) is 0 Å². The zero-order chi connectivity index (χ0) is 14.0. The van der Waals surface area contributed by atoms with Gasteiger partial charge in [0.05, 0.1) is 15.7 Å². The third-order valence-electron chi connectivity index (χ3n) is 3.33. The van der Waals surface area contributed by atoms with Crippen molar-refractivity contribution in [1.82, 2.24) is 15.0 Å². The standard InChI is InChI=1S/C13H17N3O2S2/c17-20(18,16-7-6-14-8-10-4-5-10)12-3-1-2-11-13(12)19-9-15-11/h1-3,9-10,14,16H,4-8H2. The van der Waals surface area contributed by atoms with Gasteiger partial charge in [-0.25, -0.2) is 18.1 Å². The van der Waals surface area contributed by atoms with Gasteiger partial charge in [0.2, 0.25) is 10.0 Å². The average molecular weight is 311 g/mol. The Morgan fingerprint density at radius 2 is 2.15 bits per heavy atom. The second kappa shape index (κ2) is 5.77. The SMILES string of the molecule is O=S(=O)(NCCNCC1CC1)c1cccc2ncsc12. The van der Waals surface area contributed by atoms with Gasteiger partial charge in [0.25, 0.3) is 0 Å². The molecule has 7 heteroatoms. The third-order valence-corrected chi connectivity index (χ3v) is 5.84. The lowest BCUT2D eigenvalue weighted by Gasteiger charge is -2.08. The molecule has 108 valence electrons. The highest BCUT2D eigenvalue weighted by Crippen LogP contribution is 2.27. The normalized spacial score (nSPS) is 15.8.